The molecular weight excluding hydrogens is 330 g/mol. The van der Waals surface area contributed by atoms with Gasteiger partial charge in [-0.1, -0.05) is 13.8 Å². The monoisotopic (exact) mass is 359 g/mol. The Hall–Kier alpha value is -2.22. The molecule has 3 rings (SSSR count). The van der Waals surface area contributed by atoms with Crippen LogP contribution in [0.25, 0.3) is 0 Å². The van der Waals surface area contributed by atoms with E-state index >= 15 is 0 Å². The van der Waals surface area contributed by atoms with E-state index in [2.05, 4.69) is 46.7 Å². The summed E-state index contributed by atoms with van der Waals surface area (Å²) in [7, 11) is 2.13. The molecule has 0 fully saturated rings. The summed E-state index contributed by atoms with van der Waals surface area (Å²) < 4.78 is 3.91. The van der Waals surface area contributed by atoms with E-state index < -0.39 is 0 Å². The van der Waals surface area contributed by atoms with Gasteiger partial charge in [0.25, 0.3) is 0 Å². The number of amides is 1. The SMILES string of the molecule is CC(C)CN(C)Cc1cc2n(n1)CCCN(C(=O)CCn1cnnc1)C2. The Balaban J connectivity index is 1.59. The van der Waals surface area contributed by atoms with E-state index in [0.29, 0.717) is 25.4 Å². The smallest absolute Gasteiger partial charge is 0.224 e. The van der Waals surface area contributed by atoms with Gasteiger partial charge in [0.15, 0.2) is 0 Å². The van der Waals surface area contributed by atoms with Gasteiger partial charge in [0.1, 0.15) is 12.7 Å². The summed E-state index contributed by atoms with van der Waals surface area (Å²) in [5.41, 5.74) is 2.22. The van der Waals surface area contributed by atoms with Gasteiger partial charge >= 0.3 is 0 Å². The molecule has 0 N–H and O–H groups in total. The van der Waals surface area contributed by atoms with Crippen molar-refractivity contribution < 1.29 is 4.79 Å². The molecule has 1 aliphatic rings. The van der Waals surface area contributed by atoms with E-state index in [4.69, 9.17) is 5.10 Å². The van der Waals surface area contributed by atoms with E-state index in [1.165, 1.54) is 0 Å². The number of hydrogen-bond acceptors (Lipinski definition) is 5. The van der Waals surface area contributed by atoms with Crippen LogP contribution in [0.3, 0.4) is 0 Å². The fourth-order valence-corrected chi connectivity index (χ4v) is 3.50. The maximum Gasteiger partial charge on any atom is 0.224 e. The van der Waals surface area contributed by atoms with Crippen LogP contribution < -0.4 is 0 Å². The van der Waals surface area contributed by atoms with Crippen molar-refractivity contribution in [1.29, 1.82) is 0 Å². The molecule has 142 valence electrons. The Bertz CT molecular complexity index is 707. The molecule has 0 atom stereocenters. The average molecular weight is 359 g/mol. The number of nitrogens with zero attached hydrogens (tertiary/aromatic N) is 7. The Morgan fingerprint density at radius 2 is 2.04 bits per heavy atom. The first-order valence-electron chi connectivity index (χ1n) is 9.35. The number of aryl methyl sites for hydroxylation is 2. The van der Waals surface area contributed by atoms with Gasteiger partial charge in [0.2, 0.25) is 5.91 Å². The quantitative estimate of drug-likeness (QED) is 0.747. The average Bonchev–Trinajstić information content (AvgIpc) is 3.17. The minimum Gasteiger partial charge on any atom is -0.337 e. The number of hydrogen-bond donors (Lipinski definition) is 0. The molecule has 0 aliphatic carbocycles. The van der Waals surface area contributed by atoms with Gasteiger partial charge < -0.3 is 14.4 Å². The molecule has 26 heavy (non-hydrogen) atoms. The fraction of sp³-hybridized carbons (Fsp3) is 0.667. The predicted octanol–water partition coefficient (Wildman–Crippen LogP) is 1.38. The number of aromatic nitrogens is 5. The third kappa shape index (κ3) is 4.91. The largest absolute Gasteiger partial charge is 0.337 e. The molecule has 0 spiro atoms. The summed E-state index contributed by atoms with van der Waals surface area (Å²) in [6, 6.07) is 2.15. The zero-order valence-corrected chi connectivity index (χ0v) is 16.0. The Kier molecular flexibility index (Phi) is 6.03. The van der Waals surface area contributed by atoms with Crippen molar-refractivity contribution in [3.63, 3.8) is 0 Å². The molecule has 0 unspecified atom stereocenters. The van der Waals surface area contributed by atoms with Gasteiger partial charge in [0, 0.05) is 39.1 Å². The van der Waals surface area contributed by atoms with Gasteiger partial charge in [-0.3, -0.25) is 9.48 Å². The van der Waals surface area contributed by atoms with Gasteiger partial charge in [-0.25, -0.2) is 0 Å². The van der Waals surface area contributed by atoms with Crippen LogP contribution in [0.4, 0.5) is 0 Å². The third-order valence-electron chi connectivity index (χ3n) is 4.58. The molecule has 1 aliphatic heterocycles. The van der Waals surface area contributed by atoms with Gasteiger partial charge in [-0.2, -0.15) is 5.10 Å². The van der Waals surface area contributed by atoms with E-state index in [1.54, 1.807) is 12.7 Å². The zero-order chi connectivity index (χ0) is 18.5. The highest BCUT2D eigenvalue weighted by Gasteiger charge is 2.21. The molecule has 0 saturated heterocycles. The Labute approximate surface area is 154 Å². The van der Waals surface area contributed by atoms with E-state index in [9.17, 15) is 4.79 Å². The molecule has 0 bridgehead atoms. The number of carbonyl (C=O) groups is 1. The highest BCUT2D eigenvalue weighted by atomic mass is 16.2. The van der Waals surface area contributed by atoms with Crippen LogP contribution in [-0.2, 0) is 31.0 Å². The maximum absolute atomic E-state index is 12.6. The topological polar surface area (TPSA) is 72.1 Å². The third-order valence-corrected chi connectivity index (χ3v) is 4.58. The van der Waals surface area contributed by atoms with E-state index in [1.807, 2.05) is 9.47 Å². The summed E-state index contributed by atoms with van der Waals surface area (Å²) in [4.78, 5) is 16.8. The predicted molar refractivity (Wildman–Crippen MR) is 98.1 cm³/mol. The summed E-state index contributed by atoms with van der Waals surface area (Å²) in [5, 5.41) is 12.3. The molecule has 2 aromatic rings. The van der Waals surface area contributed by atoms with Crippen molar-refractivity contribution in [1.82, 2.24) is 34.3 Å². The first-order valence-corrected chi connectivity index (χ1v) is 9.35. The Morgan fingerprint density at radius 1 is 1.27 bits per heavy atom. The van der Waals surface area contributed by atoms with Crippen molar-refractivity contribution in [2.75, 3.05) is 20.1 Å². The van der Waals surface area contributed by atoms with Crippen molar-refractivity contribution in [3.05, 3.63) is 30.1 Å². The second-order valence-electron chi connectivity index (χ2n) is 7.56. The summed E-state index contributed by atoms with van der Waals surface area (Å²) in [5.74, 6) is 0.811. The van der Waals surface area contributed by atoms with Crippen LogP contribution >= 0.6 is 0 Å². The van der Waals surface area contributed by atoms with Gasteiger partial charge in [0.05, 0.1) is 17.9 Å². The second kappa shape index (κ2) is 8.44. The van der Waals surface area contributed by atoms with Crippen molar-refractivity contribution in [2.24, 2.45) is 5.92 Å². The molecule has 3 heterocycles. The molecule has 8 heteroatoms. The summed E-state index contributed by atoms with van der Waals surface area (Å²) in [6.45, 7) is 9.26. The maximum atomic E-state index is 12.6. The van der Waals surface area contributed by atoms with Crippen LogP contribution in [0.1, 0.15) is 38.1 Å². The van der Waals surface area contributed by atoms with Crippen LogP contribution in [0.15, 0.2) is 18.7 Å². The number of rotatable bonds is 7. The van der Waals surface area contributed by atoms with Gasteiger partial charge in [-0.05, 0) is 25.5 Å². The van der Waals surface area contributed by atoms with Crippen molar-refractivity contribution in [3.8, 4) is 0 Å². The first kappa shape index (κ1) is 18.6. The second-order valence-corrected chi connectivity index (χ2v) is 7.56. The lowest BCUT2D eigenvalue weighted by Gasteiger charge is -2.20. The summed E-state index contributed by atoms with van der Waals surface area (Å²) >= 11 is 0. The highest BCUT2D eigenvalue weighted by molar-refractivity contribution is 5.76. The molecule has 0 saturated carbocycles. The molecular formula is C18H29N7O. The van der Waals surface area contributed by atoms with Crippen molar-refractivity contribution >= 4 is 5.91 Å². The van der Waals surface area contributed by atoms with E-state index in [-0.39, 0.29) is 5.91 Å². The minimum atomic E-state index is 0.173. The van der Waals surface area contributed by atoms with Gasteiger partial charge in [-0.15, -0.1) is 10.2 Å². The van der Waals surface area contributed by atoms with Crippen LogP contribution in [-0.4, -0.2) is 60.4 Å². The lowest BCUT2D eigenvalue weighted by molar-refractivity contribution is -0.132. The highest BCUT2D eigenvalue weighted by Crippen LogP contribution is 2.16. The lowest BCUT2D eigenvalue weighted by atomic mass is 10.2. The number of fused-ring (bicyclic) bond motifs is 1. The van der Waals surface area contributed by atoms with Crippen molar-refractivity contribution in [2.45, 2.75) is 52.9 Å². The minimum absolute atomic E-state index is 0.173. The lowest BCUT2D eigenvalue weighted by Crippen LogP contribution is -2.31. The normalized spacial score (nSPS) is 14.7. The molecule has 0 aromatic carbocycles. The van der Waals surface area contributed by atoms with Crippen LogP contribution in [0, 0.1) is 5.92 Å². The molecule has 1 amide bonds. The fourth-order valence-electron chi connectivity index (χ4n) is 3.50. The summed E-state index contributed by atoms with van der Waals surface area (Å²) in [6.07, 6.45) is 4.69. The Morgan fingerprint density at radius 3 is 2.77 bits per heavy atom. The van der Waals surface area contributed by atoms with Crippen LogP contribution in [0.5, 0.6) is 0 Å². The standard InChI is InChI=1S/C18H29N7O/c1-15(2)10-22(3)11-16-9-17-12-24(6-4-7-25(17)21-16)18(26)5-8-23-13-19-20-14-23/h9,13-15H,4-8,10-12H2,1-3H3. The molecule has 0 radical (unpaired) electrons. The number of carbonyl (C=O) groups excluding carboxylic acids is 1. The molecule has 2 aromatic heterocycles. The van der Waals surface area contributed by atoms with Crippen LogP contribution in [0.2, 0.25) is 0 Å². The first-order chi connectivity index (χ1) is 12.5. The zero-order valence-electron chi connectivity index (χ0n) is 16.0. The molecule has 8 nitrogen and oxygen atoms in total. The van der Waals surface area contributed by atoms with E-state index in [0.717, 1.165) is 44.0 Å².